The number of aromatic nitrogens is 2. The maximum absolute atomic E-state index is 11.0. The summed E-state index contributed by atoms with van der Waals surface area (Å²) in [6.07, 6.45) is 4.47. The van der Waals surface area contributed by atoms with Crippen molar-refractivity contribution in [1.29, 1.82) is 0 Å². The van der Waals surface area contributed by atoms with Crippen molar-refractivity contribution >= 4 is 17.7 Å². The Balaban J connectivity index is 2.40. The summed E-state index contributed by atoms with van der Waals surface area (Å²) >= 11 is 1.49. The van der Waals surface area contributed by atoms with Gasteiger partial charge in [0.15, 0.2) is 0 Å². The predicted octanol–water partition coefficient (Wildman–Crippen LogP) is 1.81. The standard InChI is InChI=1S/C11H18N2O2S/c1-8(2)10(11(14)15)16-7-4-9-12-5-6-13(9)3/h5-6,8,10H,4,7H2,1-3H3,(H,14,15). The summed E-state index contributed by atoms with van der Waals surface area (Å²) in [7, 11) is 1.95. The van der Waals surface area contributed by atoms with Gasteiger partial charge in [0, 0.05) is 31.6 Å². The van der Waals surface area contributed by atoms with Gasteiger partial charge in [-0.2, -0.15) is 0 Å². The zero-order valence-corrected chi connectivity index (χ0v) is 10.7. The van der Waals surface area contributed by atoms with Crippen LogP contribution in [-0.2, 0) is 18.3 Å². The number of carboxylic acids is 1. The Morgan fingerprint density at radius 2 is 2.31 bits per heavy atom. The summed E-state index contributed by atoms with van der Waals surface area (Å²) in [4.78, 5) is 15.2. The van der Waals surface area contributed by atoms with Gasteiger partial charge in [-0.1, -0.05) is 13.8 Å². The van der Waals surface area contributed by atoms with Gasteiger partial charge in [0.1, 0.15) is 11.1 Å². The Kier molecular flexibility index (Phi) is 4.86. The van der Waals surface area contributed by atoms with Crippen LogP contribution in [-0.4, -0.2) is 31.6 Å². The summed E-state index contributed by atoms with van der Waals surface area (Å²) < 4.78 is 1.96. The average Bonchev–Trinajstić information content (AvgIpc) is 2.57. The minimum absolute atomic E-state index is 0.156. The van der Waals surface area contributed by atoms with Crippen molar-refractivity contribution in [2.24, 2.45) is 13.0 Å². The smallest absolute Gasteiger partial charge is 0.316 e. The number of rotatable bonds is 6. The SMILES string of the molecule is CC(C)C(SCCc1nccn1C)C(=O)O. The number of aliphatic carboxylic acids is 1. The molecule has 1 unspecified atom stereocenters. The van der Waals surface area contributed by atoms with E-state index in [0.29, 0.717) is 0 Å². The first kappa shape index (κ1) is 13.1. The highest BCUT2D eigenvalue weighted by Gasteiger charge is 2.21. The van der Waals surface area contributed by atoms with Crippen LogP contribution in [0.3, 0.4) is 0 Å². The van der Waals surface area contributed by atoms with E-state index in [2.05, 4.69) is 4.98 Å². The number of carboxylic acid groups (broad SMARTS) is 1. The molecular formula is C11H18N2O2S. The quantitative estimate of drug-likeness (QED) is 0.826. The molecule has 90 valence electrons. The lowest BCUT2D eigenvalue weighted by Gasteiger charge is -2.15. The third-order valence-electron chi connectivity index (χ3n) is 2.39. The van der Waals surface area contributed by atoms with Crippen LogP contribution in [0.5, 0.6) is 0 Å². The molecule has 0 saturated carbocycles. The van der Waals surface area contributed by atoms with Crippen LogP contribution < -0.4 is 0 Å². The molecule has 16 heavy (non-hydrogen) atoms. The molecule has 1 heterocycles. The zero-order chi connectivity index (χ0) is 12.1. The summed E-state index contributed by atoms with van der Waals surface area (Å²) in [6, 6.07) is 0. The van der Waals surface area contributed by atoms with Crippen molar-refractivity contribution in [3.05, 3.63) is 18.2 Å². The molecule has 0 spiro atoms. The molecule has 0 saturated heterocycles. The van der Waals surface area contributed by atoms with E-state index in [9.17, 15) is 4.79 Å². The van der Waals surface area contributed by atoms with E-state index in [4.69, 9.17) is 5.11 Å². The summed E-state index contributed by atoms with van der Waals surface area (Å²) in [5, 5.41) is 8.69. The van der Waals surface area contributed by atoms with Crippen LogP contribution in [0.2, 0.25) is 0 Å². The first-order valence-corrected chi connectivity index (χ1v) is 6.38. The second-order valence-electron chi connectivity index (χ2n) is 4.08. The Morgan fingerprint density at radius 1 is 1.62 bits per heavy atom. The van der Waals surface area contributed by atoms with Crippen LogP contribution in [0.25, 0.3) is 0 Å². The average molecular weight is 242 g/mol. The molecule has 1 aromatic rings. The number of carbonyl (C=O) groups is 1. The fourth-order valence-electron chi connectivity index (χ4n) is 1.46. The van der Waals surface area contributed by atoms with E-state index in [1.54, 1.807) is 6.20 Å². The number of hydrogen-bond donors (Lipinski definition) is 1. The van der Waals surface area contributed by atoms with Gasteiger partial charge in [0.2, 0.25) is 0 Å². The monoisotopic (exact) mass is 242 g/mol. The molecule has 1 rings (SSSR count). The fourth-order valence-corrected chi connectivity index (χ4v) is 2.55. The summed E-state index contributed by atoms with van der Waals surface area (Å²) in [5.74, 6) is 1.23. The normalized spacial score (nSPS) is 13.0. The van der Waals surface area contributed by atoms with E-state index in [0.717, 1.165) is 18.0 Å². The van der Waals surface area contributed by atoms with Crippen LogP contribution in [0.1, 0.15) is 19.7 Å². The van der Waals surface area contributed by atoms with Crippen LogP contribution >= 0.6 is 11.8 Å². The molecule has 0 aromatic carbocycles. The van der Waals surface area contributed by atoms with Gasteiger partial charge in [-0.15, -0.1) is 11.8 Å². The van der Waals surface area contributed by atoms with Crippen LogP contribution in [0.15, 0.2) is 12.4 Å². The molecule has 1 aromatic heterocycles. The first-order chi connectivity index (χ1) is 7.52. The first-order valence-electron chi connectivity index (χ1n) is 5.33. The molecule has 0 aliphatic heterocycles. The van der Waals surface area contributed by atoms with Gasteiger partial charge < -0.3 is 9.67 Å². The van der Waals surface area contributed by atoms with Crippen molar-refractivity contribution in [2.75, 3.05) is 5.75 Å². The Morgan fingerprint density at radius 3 is 2.75 bits per heavy atom. The van der Waals surface area contributed by atoms with Crippen LogP contribution in [0, 0.1) is 5.92 Å². The van der Waals surface area contributed by atoms with E-state index < -0.39 is 5.97 Å². The minimum atomic E-state index is -0.722. The van der Waals surface area contributed by atoms with Gasteiger partial charge in [-0.3, -0.25) is 4.79 Å². The van der Waals surface area contributed by atoms with Gasteiger partial charge >= 0.3 is 5.97 Å². The lowest BCUT2D eigenvalue weighted by atomic mass is 10.1. The number of hydrogen-bond acceptors (Lipinski definition) is 3. The number of imidazole rings is 1. The Hall–Kier alpha value is -0.970. The number of nitrogens with zero attached hydrogens (tertiary/aromatic N) is 2. The summed E-state index contributed by atoms with van der Waals surface area (Å²) in [6.45, 7) is 3.87. The molecule has 1 atom stereocenters. The van der Waals surface area contributed by atoms with Gasteiger partial charge in [-0.05, 0) is 5.92 Å². The number of aryl methyl sites for hydroxylation is 2. The van der Waals surface area contributed by atoms with Crippen molar-refractivity contribution < 1.29 is 9.90 Å². The van der Waals surface area contributed by atoms with Gasteiger partial charge in [0.25, 0.3) is 0 Å². The van der Waals surface area contributed by atoms with E-state index in [-0.39, 0.29) is 11.2 Å². The second kappa shape index (κ2) is 5.94. The number of thioether (sulfide) groups is 1. The highest BCUT2D eigenvalue weighted by Crippen LogP contribution is 2.20. The lowest BCUT2D eigenvalue weighted by Crippen LogP contribution is -2.23. The molecular weight excluding hydrogens is 224 g/mol. The van der Waals surface area contributed by atoms with E-state index in [1.807, 2.05) is 31.7 Å². The molecule has 4 nitrogen and oxygen atoms in total. The predicted molar refractivity (Wildman–Crippen MR) is 65.6 cm³/mol. The topological polar surface area (TPSA) is 55.1 Å². The van der Waals surface area contributed by atoms with E-state index in [1.165, 1.54) is 11.8 Å². The third kappa shape index (κ3) is 3.56. The second-order valence-corrected chi connectivity index (χ2v) is 5.33. The molecule has 0 amide bonds. The van der Waals surface area contributed by atoms with Crippen molar-refractivity contribution in [3.63, 3.8) is 0 Å². The molecule has 0 fully saturated rings. The highest BCUT2D eigenvalue weighted by molar-refractivity contribution is 8.00. The molecule has 0 radical (unpaired) electrons. The van der Waals surface area contributed by atoms with Gasteiger partial charge in [0.05, 0.1) is 0 Å². The lowest BCUT2D eigenvalue weighted by molar-refractivity contribution is -0.137. The van der Waals surface area contributed by atoms with Gasteiger partial charge in [-0.25, -0.2) is 4.98 Å². The molecule has 0 aliphatic rings. The van der Waals surface area contributed by atoms with Crippen molar-refractivity contribution in [1.82, 2.24) is 9.55 Å². The summed E-state index contributed by atoms with van der Waals surface area (Å²) in [5.41, 5.74) is 0. The van der Waals surface area contributed by atoms with E-state index >= 15 is 0 Å². The van der Waals surface area contributed by atoms with Crippen molar-refractivity contribution in [2.45, 2.75) is 25.5 Å². The molecule has 0 bridgehead atoms. The molecule has 0 aliphatic carbocycles. The highest BCUT2D eigenvalue weighted by atomic mass is 32.2. The maximum atomic E-state index is 11.0. The molecule has 5 heteroatoms. The third-order valence-corrected chi connectivity index (χ3v) is 3.94. The largest absolute Gasteiger partial charge is 0.480 e. The van der Waals surface area contributed by atoms with Crippen LogP contribution in [0.4, 0.5) is 0 Å². The Labute approximate surface area is 100 Å². The fraction of sp³-hybridized carbons (Fsp3) is 0.636. The maximum Gasteiger partial charge on any atom is 0.316 e. The minimum Gasteiger partial charge on any atom is -0.480 e. The zero-order valence-electron chi connectivity index (χ0n) is 9.88. The Bertz CT molecular complexity index is 350. The molecule has 1 N–H and O–H groups in total. The van der Waals surface area contributed by atoms with Crippen molar-refractivity contribution in [3.8, 4) is 0 Å².